The Morgan fingerprint density at radius 2 is 1.86 bits per heavy atom. The molecule has 2 aromatic rings. The smallest absolute Gasteiger partial charge is 0.275 e. The van der Waals surface area contributed by atoms with Crippen molar-refractivity contribution in [2.75, 3.05) is 5.73 Å². The average Bonchev–Trinajstić information content (AvgIpc) is 2.48. The first-order valence-electron chi connectivity index (χ1n) is 6.27. The first kappa shape index (κ1) is 16.1. The van der Waals surface area contributed by atoms with Crippen molar-refractivity contribution in [3.8, 4) is 5.75 Å². The number of carbonyl (C=O) groups is 1. The van der Waals surface area contributed by atoms with E-state index in [0.29, 0.717) is 11.4 Å². The van der Waals surface area contributed by atoms with Gasteiger partial charge in [-0.05, 0) is 36.8 Å². The summed E-state index contributed by atoms with van der Waals surface area (Å²) in [5.74, 6) is -0.958. The topological polar surface area (TPSA) is 87.7 Å². The lowest BCUT2D eigenvalue weighted by Gasteiger charge is -2.07. The summed E-state index contributed by atoms with van der Waals surface area (Å²) < 4.78 is 0. The number of hydrogen-bond donors (Lipinski definition) is 3. The molecule has 0 aliphatic carbocycles. The van der Waals surface area contributed by atoms with Crippen LogP contribution < -0.4 is 11.2 Å². The van der Waals surface area contributed by atoms with Gasteiger partial charge in [0.15, 0.2) is 0 Å². The van der Waals surface area contributed by atoms with Crippen molar-refractivity contribution in [1.29, 1.82) is 0 Å². The number of halogens is 2. The van der Waals surface area contributed by atoms with E-state index in [1.165, 1.54) is 12.1 Å². The van der Waals surface area contributed by atoms with E-state index in [9.17, 15) is 9.90 Å². The van der Waals surface area contributed by atoms with Crippen molar-refractivity contribution in [3.05, 3.63) is 57.6 Å². The van der Waals surface area contributed by atoms with E-state index in [0.717, 1.165) is 5.56 Å². The van der Waals surface area contributed by atoms with Crippen LogP contribution in [0.5, 0.6) is 5.75 Å². The Kier molecular flexibility index (Phi) is 4.90. The van der Waals surface area contributed by atoms with Crippen LogP contribution in [0.15, 0.2) is 41.5 Å². The van der Waals surface area contributed by atoms with Gasteiger partial charge >= 0.3 is 0 Å². The number of aromatic hydroxyl groups is 1. The fourth-order valence-electron chi connectivity index (χ4n) is 1.72. The van der Waals surface area contributed by atoms with E-state index >= 15 is 0 Å². The van der Waals surface area contributed by atoms with Crippen LogP contribution in [-0.4, -0.2) is 16.7 Å². The molecule has 0 radical (unpaired) electrons. The lowest BCUT2D eigenvalue weighted by Crippen LogP contribution is -2.19. The number of amides is 1. The van der Waals surface area contributed by atoms with E-state index in [1.807, 2.05) is 0 Å². The number of nitrogens with one attached hydrogen (secondary N) is 1. The van der Waals surface area contributed by atoms with E-state index < -0.39 is 5.91 Å². The number of rotatable bonds is 3. The second-order valence-electron chi connectivity index (χ2n) is 4.54. The zero-order valence-corrected chi connectivity index (χ0v) is 13.1. The molecule has 0 fully saturated rings. The largest absolute Gasteiger partial charge is 0.506 e. The van der Waals surface area contributed by atoms with Crippen molar-refractivity contribution >= 4 is 40.5 Å². The Labute approximate surface area is 137 Å². The van der Waals surface area contributed by atoms with E-state index in [2.05, 4.69) is 10.5 Å². The fourth-order valence-corrected chi connectivity index (χ4v) is 2.22. The van der Waals surface area contributed by atoms with Crippen molar-refractivity contribution in [3.63, 3.8) is 0 Å². The van der Waals surface area contributed by atoms with Crippen LogP contribution in [0.2, 0.25) is 10.0 Å². The Hall–Kier alpha value is -2.24. The molecule has 4 N–H and O–H groups in total. The molecule has 0 saturated heterocycles. The molecule has 114 valence electrons. The number of phenolic OH excluding ortho intramolecular Hbond substituents is 1. The van der Waals surface area contributed by atoms with Gasteiger partial charge in [-0.15, -0.1) is 0 Å². The van der Waals surface area contributed by atoms with Gasteiger partial charge in [0.05, 0.1) is 16.3 Å². The minimum Gasteiger partial charge on any atom is -0.506 e. The third-order valence-electron chi connectivity index (χ3n) is 2.93. The van der Waals surface area contributed by atoms with Crippen LogP contribution >= 0.6 is 23.2 Å². The minimum absolute atomic E-state index is 0.00288. The standard InChI is InChI=1S/C15H13Cl2N3O2/c1-8(9-2-4-11(18)5-3-9)19-20-15(22)12-6-10(16)7-13(17)14(12)21/h2-7,21H,18H2,1H3,(H,20,22)/b19-8-. The highest BCUT2D eigenvalue weighted by Gasteiger charge is 2.15. The molecule has 1 amide bonds. The van der Waals surface area contributed by atoms with Crippen LogP contribution in [0.4, 0.5) is 5.69 Å². The Bertz CT molecular complexity index is 743. The highest BCUT2D eigenvalue weighted by atomic mass is 35.5. The number of anilines is 1. The molecule has 0 atom stereocenters. The van der Waals surface area contributed by atoms with Crippen molar-refractivity contribution in [1.82, 2.24) is 5.43 Å². The molecular weight excluding hydrogens is 325 g/mol. The molecule has 0 aromatic heterocycles. The molecule has 2 rings (SSSR count). The quantitative estimate of drug-likeness (QED) is 0.455. The molecule has 2 aromatic carbocycles. The van der Waals surface area contributed by atoms with Gasteiger partial charge in [0, 0.05) is 10.7 Å². The number of hydrogen-bond acceptors (Lipinski definition) is 4. The summed E-state index contributed by atoms with van der Waals surface area (Å²) in [5.41, 5.74) is 9.94. The third kappa shape index (κ3) is 3.69. The highest BCUT2D eigenvalue weighted by molar-refractivity contribution is 6.36. The predicted molar refractivity (Wildman–Crippen MR) is 88.7 cm³/mol. The summed E-state index contributed by atoms with van der Waals surface area (Å²) in [7, 11) is 0. The second kappa shape index (κ2) is 6.68. The van der Waals surface area contributed by atoms with Crippen LogP contribution in [0, 0.1) is 0 Å². The maximum absolute atomic E-state index is 12.0. The number of nitrogen functional groups attached to an aromatic ring is 1. The van der Waals surface area contributed by atoms with Crippen molar-refractivity contribution in [2.45, 2.75) is 6.92 Å². The summed E-state index contributed by atoms with van der Waals surface area (Å²) in [6.07, 6.45) is 0. The van der Waals surface area contributed by atoms with Gasteiger partial charge < -0.3 is 10.8 Å². The van der Waals surface area contributed by atoms with Crippen molar-refractivity contribution in [2.24, 2.45) is 5.10 Å². The van der Waals surface area contributed by atoms with Gasteiger partial charge in [0.1, 0.15) is 5.75 Å². The molecule has 0 heterocycles. The van der Waals surface area contributed by atoms with E-state index in [1.54, 1.807) is 31.2 Å². The molecule has 0 aliphatic rings. The second-order valence-corrected chi connectivity index (χ2v) is 5.39. The SMILES string of the molecule is C/C(=N/NC(=O)c1cc(Cl)cc(Cl)c1O)c1ccc(N)cc1. The lowest BCUT2D eigenvalue weighted by molar-refractivity contribution is 0.0952. The van der Waals surface area contributed by atoms with Crippen LogP contribution in [0.1, 0.15) is 22.8 Å². The molecule has 5 nitrogen and oxygen atoms in total. The number of carbonyl (C=O) groups excluding carboxylic acids is 1. The molecule has 7 heteroatoms. The lowest BCUT2D eigenvalue weighted by atomic mass is 10.1. The molecular formula is C15H13Cl2N3O2. The molecule has 0 bridgehead atoms. The average molecular weight is 338 g/mol. The van der Waals surface area contributed by atoms with E-state index in [4.69, 9.17) is 28.9 Å². The summed E-state index contributed by atoms with van der Waals surface area (Å²) in [4.78, 5) is 12.0. The van der Waals surface area contributed by atoms with Gasteiger partial charge in [-0.25, -0.2) is 5.43 Å². The zero-order valence-electron chi connectivity index (χ0n) is 11.6. The third-order valence-corrected chi connectivity index (χ3v) is 3.43. The first-order chi connectivity index (χ1) is 10.4. The van der Waals surface area contributed by atoms with Crippen molar-refractivity contribution < 1.29 is 9.90 Å². The summed E-state index contributed by atoms with van der Waals surface area (Å²) in [6, 6.07) is 9.70. The highest BCUT2D eigenvalue weighted by Crippen LogP contribution is 2.30. The molecule has 22 heavy (non-hydrogen) atoms. The zero-order chi connectivity index (χ0) is 16.3. The summed E-state index contributed by atoms with van der Waals surface area (Å²) >= 11 is 11.6. The fraction of sp³-hybridized carbons (Fsp3) is 0.0667. The van der Waals surface area contributed by atoms with Gasteiger partial charge in [-0.3, -0.25) is 4.79 Å². The van der Waals surface area contributed by atoms with Gasteiger partial charge in [-0.2, -0.15) is 5.10 Å². The maximum Gasteiger partial charge on any atom is 0.275 e. The minimum atomic E-state index is -0.614. The molecule has 0 aliphatic heterocycles. The predicted octanol–water partition coefficient (Wildman–Crippen LogP) is 3.44. The normalized spacial score (nSPS) is 11.3. The van der Waals surface area contributed by atoms with Crippen LogP contribution in [-0.2, 0) is 0 Å². The molecule has 0 unspecified atom stereocenters. The maximum atomic E-state index is 12.0. The molecule has 0 spiro atoms. The monoisotopic (exact) mass is 337 g/mol. The molecule has 0 saturated carbocycles. The first-order valence-corrected chi connectivity index (χ1v) is 7.02. The number of benzene rings is 2. The Morgan fingerprint density at radius 1 is 1.23 bits per heavy atom. The van der Waals surface area contributed by atoms with E-state index in [-0.39, 0.29) is 21.4 Å². The number of hydrazone groups is 1. The number of phenols is 1. The summed E-state index contributed by atoms with van der Waals surface area (Å²) in [6.45, 7) is 1.73. The van der Waals surface area contributed by atoms with Gasteiger partial charge in [0.25, 0.3) is 5.91 Å². The Morgan fingerprint density at radius 3 is 2.50 bits per heavy atom. The number of nitrogens with two attached hydrogens (primary N) is 1. The van der Waals surface area contributed by atoms with Gasteiger partial charge in [0.2, 0.25) is 0 Å². The van der Waals surface area contributed by atoms with Crippen LogP contribution in [0.3, 0.4) is 0 Å². The Balaban J connectivity index is 2.19. The summed E-state index contributed by atoms with van der Waals surface area (Å²) in [5, 5.41) is 14.0. The van der Waals surface area contributed by atoms with Gasteiger partial charge in [-0.1, -0.05) is 35.3 Å². The number of nitrogens with zero attached hydrogens (tertiary/aromatic N) is 1. The van der Waals surface area contributed by atoms with Crippen LogP contribution in [0.25, 0.3) is 0 Å².